The zero-order chi connectivity index (χ0) is 37.4. The van der Waals surface area contributed by atoms with Crippen molar-refractivity contribution in [1.29, 1.82) is 0 Å². The molecule has 0 aliphatic heterocycles. The summed E-state index contributed by atoms with van der Waals surface area (Å²) in [5.74, 6) is -0.528. The molecule has 0 heterocycles. The van der Waals surface area contributed by atoms with Crippen LogP contribution >= 0.6 is 0 Å². The van der Waals surface area contributed by atoms with Gasteiger partial charge in [0.15, 0.2) is 0 Å². The van der Waals surface area contributed by atoms with Gasteiger partial charge in [0, 0.05) is 0 Å². The lowest BCUT2D eigenvalue weighted by molar-refractivity contribution is 0.627. The number of benzene rings is 10. The van der Waals surface area contributed by atoms with Crippen LogP contribution in [-0.2, 0) is 0 Å². The minimum atomic E-state index is -0.264. The second kappa shape index (κ2) is 11.3. The van der Waals surface area contributed by atoms with Crippen LogP contribution in [0.25, 0.3) is 121 Å². The summed E-state index contributed by atoms with van der Waals surface area (Å²) in [4.78, 5) is 0. The third-order valence-electron chi connectivity index (χ3n) is 12.7. The van der Waals surface area contributed by atoms with Crippen LogP contribution in [-0.4, -0.2) is 0 Å². The smallest absolute Gasteiger partial charge is 0.123 e. The SMILES string of the molecule is Cc1c2c(c(C)c3ccccc13)-c1ccc(-c3ccc4c5c(cccc35)-c3c-4c(-c4ccc(F)cc4)c4ccccc4c3-c3ccc(F)cc3)c3cccc-2c13. The molecule has 0 aromatic heterocycles. The molecule has 0 bridgehead atoms. The molecule has 0 atom stereocenters. The topological polar surface area (TPSA) is 0 Å². The van der Waals surface area contributed by atoms with Crippen molar-refractivity contribution >= 4 is 43.1 Å². The van der Waals surface area contributed by atoms with Gasteiger partial charge in [-0.15, -0.1) is 0 Å². The van der Waals surface area contributed by atoms with Crippen LogP contribution in [0.15, 0.2) is 158 Å². The van der Waals surface area contributed by atoms with Gasteiger partial charge < -0.3 is 0 Å². The minimum Gasteiger partial charge on any atom is -0.207 e. The zero-order valence-corrected chi connectivity index (χ0v) is 30.8. The lowest BCUT2D eigenvalue weighted by atomic mass is 9.82. The number of halogens is 2. The maximum Gasteiger partial charge on any atom is 0.123 e. The Labute approximate surface area is 322 Å². The molecular formula is C54H32F2. The predicted octanol–water partition coefficient (Wildman–Crippen LogP) is 15.5. The summed E-state index contributed by atoms with van der Waals surface area (Å²) in [7, 11) is 0. The molecule has 2 aliphatic carbocycles. The third-order valence-corrected chi connectivity index (χ3v) is 12.7. The Morgan fingerprint density at radius 3 is 1.05 bits per heavy atom. The van der Waals surface area contributed by atoms with Crippen molar-refractivity contribution in [3.05, 3.63) is 180 Å². The molecule has 0 unspecified atom stereocenters. The molecule has 2 heteroatoms. The Bertz CT molecular complexity index is 3220. The second-order valence-electron chi connectivity index (χ2n) is 15.4. The molecule has 12 rings (SSSR count). The summed E-state index contributed by atoms with van der Waals surface area (Å²) < 4.78 is 28.9. The van der Waals surface area contributed by atoms with Crippen LogP contribution in [0.3, 0.4) is 0 Å². The fraction of sp³-hybridized carbons (Fsp3) is 0.0370. The number of hydrogen-bond acceptors (Lipinski definition) is 0. The molecule has 0 saturated carbocycles. The lowest BCUT2D eigenvalue weighted by Crippen LogP contribution is -1.94. The van der Waals surface area contributed by atoms with Gasteiger partial charge in [-0.2, -0.15) is 0 Å². The first-order valence-corrected chi connectivity index (χ1v) is 19.2. The second-order valence-corrected chi connectivity index (χ2v) is 15.4. The average Bonchev–Trinajstić information content (AvgIpc) is 3.75. The van der Waals surface area contributed by atoms with Crippen molar-refractivity contribution in [2.75, 3.05) is 0 Å². The van der Waals surface area contributed by atoms with E-state index in [4.69, 9.17) is 0 Å². The standard InChI is InChI=1S/C54H32F2/c1-29-35-9-3-4-10-36(35)30(2)48-45-27-25-37(39-13-7-15-43(47(29)48)51(39)45)38-26-28-46-52-40(38)14-8-16-44(52)53-49(31-17-21-33(55)22-18-31)41-11-5-6-12-42(41)50(54(46)53)32-19-23-34(56)24-20-32/h3-28H,1-2H3. The maximum atomic E-state index is 14.4. The van der Waals surface area contributed by atoms with E-state index < -0.39 is 0 Å². The molecule has 0 fully saturated rings. The number of fused-ring (bicyclic) bond motifs is 8. The minimum absolute atomic E-state index is 0.264. The summed E-state index contributed by atoms with van der Waals surface area (Å²) >= 11 is 0. The Kier molecular flexibility index (Phi) is 6.36. The van der Waals surface area contributed by atoms with Gasteiger partial charge in [-0.05, 0) is 170 Å². The van der Waals surface area contributed by atoms with Crippen LogP contribution in [0, 0.1) is 25.5 Å². The Morgan fingerprint density at radius 1 is 0.268 bits per heavy atom. The average molecular weight is 719 g/mol. The van der Waals surface area contributed by atoms with E-state index in [0.717, 1.165) is 55.3 Å². The van der Waals surface area contributed by atoms with Gasteiger partial charge in [0.1, 0.15) is 11.6 Å². The van der Waals surface area contributed by atoms with Crippen LogP contribution in [0.1, 0.15) is 11.1 Å². The summed E-state index contributed by atoms with van der Waals surface area (Å²) in [6.45, 7) is 4.55. The Balaban J connectivity index is 1.16. The van der Waals surface area contributed by atoms with E-state index in [2.05, 4.69) is 123 Å². The highest BCUT2D eigenvalue weighted by Crippen LogP contribution is 2.59. The molecule has 0 N–H and O–H groups in total. The summed E-state index contributed by atoms with van der Waals surface area (Å²) in [5.41, 5.74) is 19.0. The first kappa shape index (κ1) is 31.5. The van der Waals surface area contributed by atoms with Gasteiger partial charge in [0.05, 0.1) is 0 Å². The molecule has 0 nitrogen and oxygen atoms in total. The van der Waals surface area contributed by atoms with Crippen molar-refractivity contribution in [1.82, 2.24) is 0 Å². The zero-order valence-electron chi connectivity index (χ0n) is 30.8. The Hall–Kier alpha value is -6.90. The van der Waals surface area contributed by atoms with Gasteiger partial charge in [-0.3, -0.25) is 0 Å². The quantitative estimate of drug-likeness (QED) is 0.171. The van der Waals surface area contributed by atoms with Gasteiger partial charge in [-0.25, -0.2) is 8.78 Å². The number of aryl methyl sites for hydroxylation is 2. The summed E-state index contributed by atoms with van der Waals surface area (Å²) in [6.07, 6.45) is 0. The highest BCUT2D eigenvalue weighted by molar-refractivity contribution is 6.30. The fourth-order valence-electron chi connectivity index (χ4n) is 10.4. The largest absolute Gasteiger partial charge is 0.207 e. The Morgan fingerprint density at radius 2 is 0.607 bits per heavy atom. The molecule has 56 heavy (non-hydrogen) atoms. The predicted molar refractivity (Wildman–Crippen MR) is 231 cm³/mol. The molecule has 10 aromatic carbocycles. The van der Waals surface area contributed by atoms with Crippen LogP contribution in [0.2, 0.25) is 0 Å². The van der Waals surface area contributed by atoms with E-state index in [0.29, 0.717) is 0 Å². The highest BCUT2D eigenvalue weighted by atomic mass is 19.1. The first-order valence-electron chi connectivity index (χ1n) is 19.2. The molecule has 2 aliphatic rings. The van der Waals surface area contributed by atoms with Crippen molar-refractivity contribution in [2.24, 2.45) is 0 Å². The van der Waals surface area contributed by atoms with Crippen LogP contribution < -0.4 is 0 Å². The fourth-order valence-corrected chi connectivity index (χ4v) is 10.4. The molecule has 0 spiro atoms. The highest BCUT2D eigenvalue weighted by Gasteiger charge is 2.32. The van der Waals surface area contributed by atoms with E-state index in [-0.39, 0.29) is 11.6 Å². The van der Waals surface area contributed by atoms with Gasteiger partial charge >= 0.3 is 0 Å². The van der Waals surface area contributed by atoms with Gasteiger partial charge in [-0.1, -0.05) is 133 Å². The van der Waals surface area contributed by atoms with E-state index in [1.807, 2.05) is 24.3 Å². The van der Waals surface area contributed by atoms with E-state index in [1.54, 1.807) is 24.3 Å². The van der Waals surface area contributed by atoms with Crippen LogP contribution in [0.5, 0.6) is 0 Å². The number of hydrogen-bond donors (Lipinski definition) is 0. The maximum absolute atomic E-state index is 14.4. The monoisotopic (exact) mass is 718 g/mol. The normalized spacial score (nSPS) is 12.3. The van der Waals surface area contributed by atoms with E-state index in [1.165, 1.54) is 76.8 Å². The van der Waals surface area contributed by atoms with Crippen molar-refractivity contribution in [3.8, 4) is 77.9 Å². The lowest BCUT2D eigenvalue weighted by Gasteiger charge is -2.20. The van der Waals surface area contributed by atoms with Gasteiger partial charge in [0.25, 0.3) is 0 Å². The molecular weight excluding hydrogens is 687 g/mol. The third kappa shape index (κ3) is 4.06. The molecule has 10 aromatic rings. The van der Waals surface area contributed by atoms with Crippen LogP contribution in [0.4, 0.5) is 8.78 Å². The van der Waals surface area contributed by atoms with Gasteiger partial charge in [0.2, 0.25) is 0 Å². The van der Waals surface area contributed by atoms with Crippen molar-refractivity contribution in [3.63, 3.8) is 0 Å². The summed E-state index contributed by atoms with van der Waals surface area (Å²) in [6, 6.07) is 53.7. The summed E-state index contributed by atoms with van der Waals surface area (Å²) in [5, 5.41) is 9.73. The molecule has 262 valence electrons. The first-order chi connectivity index (χ1) is 27.5. The molecule has 0 saturated heterocycles. The molecule has 0 amide bonds. The molecule has 0 radical (unpaired) electrons. The van der Waals surface area contributed by atoms with Crippen molar-refractivity contribution < 1.29 is 8.78 Å². The van der Waals surface area contributed by atoms with E-state index >= 15 is 0 Å². The number of rotatable bonds is 3. The van der Waals surface area contributed by atoms with Crippen molar-refractivity contribution in [2.45, 2.75) is 13.8 Å². The van der Waals surface area contributed by atoms with E-state index in [9.17, 15) is 8.78 Å².